The molecule has 0 aromatic heterocycles. The Kier molecular flexibility index (Phi) is 2.42. The van der Waals surface area contributed by atoms with Crippen LogP contribution in [0.15, 0.2) is 18.2 Å². The van der Waals surface area contributed by atoms with Crippen LogP contribution in [0.5, 0.6) is 5.75 Å². The van der Waals surface area contributed by atoms with Crippen molar-refractivity contribution in [1.29, 1.82) is 0 Å². The number of hydrogen-bond acceptors (Lipinski definition) is 2. The van der Waals surface area contributed by atoms with Crippen LogP contribution in [0.2, 0.25) is 0 Å². The van der Waals surface area contributed by atoms with E-state index < -0.39 is 16.8 Å². The number of methoxy groups -OCH3 is 1. The molecular weight excluding hydrogens is 171 g/mol. The van der Waals surface area contributed by atoms with Crippen molar-refractivity contribution in [3.05, 3.63) is 24.0 Å². The molecule has 12 heavy (non-hydrogen) atoms. The van der Waals surface area contributed by atoms with Gasteiger partial charge in [-0.2, -0.15) is 0 Å². The molecule has 1 aromatic rings. The Bertz CT molecular complexity index is 277. The van der Waals surface area contributed by atoms with E-state index in [1.54, 1.807) is 0 Å². The Labute approximate surface area is 67.0 Å². The highest BCUT2D eigenvalue weighted by Crippen LogP contribution is 2.24. The summed E-state index contributed by atoms with van der Waals surface area (Å²) in [6.07, 6.45) is 0. The SMILES string of the molecule is COc1ccc(N(F)F)c(F)c1. The summed E-state index contributed by atoms with van der Waals surface area (Å²) in [5, 5.41) is -1.28. The van der Waals surface area contributed by atoms with Crippen molar-refractivity contribution in [2.75, 3.05) is 12.5 Å². The Morgan fingerprint density at radius 3 is 2.42 bits per heavy atom. The van der Waals surface area contributed by atoms with Gasteiger partial charge in [-0.1, -0.05) is 8.96 Å². The molecule has 2 nitrogen and oxygen atoms in total. The topological polar surface area (TPSA) is 12.5 Å². The van der Waals surface area contributed by atoms with Crippen LogP contribution < -0.4 is 10.1 Å². The van der Waals surface area contributed by atoms with Crippen molar-refractivity contribution < 1.29 is 18.1 Å². The van der Waals surface area contributed by atoms with Crippen molar-refractivity contribution in [3.8, 4) is 5.75 Å². The van der Waals surface area contributed by atoms with Crippen LogP contribution in [0.1, 0.15) is 0 Å². The summed E-state index contributed by atoms with van der Waals surface area (Å²) in [7, 11) is 1.33. The zero-order valence-electron chi connectivity index (χ0n) is 6.22. The molecule has 66 valence electrons. The van der Waals surface area contributed by atoms with Gasteiger partial charge in [0.2, 0.25) is 0 Å². The standard InChI is InChI=1S/C7H6F3NO/c1-12-5-2-3-7(11(9)10)6(8)4-5/h2-4H,1H3. The van der Waals surface area contributed by atoms with E-state index in [2.05, 4.69) is 4.74 Å². The zero-order valence-corrected chi connectivity index (χ0v) is 6.22. The van der Waals surface area contributed by atoms with Gasteiger partial charge in [0, 0.05) is 6.07 Å². The molecule has 0 amide bonds. The van der Waals surface area contributed by atoms with E-state index in [1.807, 2.05) is 0 Å². The van der Waals surface area contributed by atoms with Gasteiger partial charge in [0.25, 0.3) is 0 Å². The normalized spacial score (nSPS) is 9.67. The average molecular weight is 177 g/mol. The summed E-state index contributed by atoms with van der Waals surface area (Å²) in [5.74, 6) is -0.808. The third kappa shape index (κ3) is 1.61. The first-order valence-electron chi connectivity index (χ1n) is 3.10. The number of hydrogen-bond donors (Lipinski definition) is 0. The Hall–Kier alpha value is -1.39. The van der Waals surface area contributed by atoms with Gasteiger partial charge in [-0.05, 0) is 17.5 Å². The molecule has 0 bridgehead atoms. The van der Waals surface area contributed by atoms with E-state index in [-0.39, 0.29) is 5.75 Å². The summed E-state index contributed by atoms with van der Waals surface area (Å²) in [6, 6.07) is 3.08. The fourth-order valence-electron chi connectivity index (χ4n) is 0.752. The largest absolute Gasteiger partial charge is 0.497 e. The maximum absolute atomic E-state index is 12.7. The monoisotopic (exact) mass is 177 g/mol. The van der Waals surface area contributed by atoms with Crippen molar-refractivity contribution in [2.24, 2.45) is 0 Å². The highest BCUT2D eigenvalue weighted by molar-refractivity contribution is 5.46. The molecule has 0 saturated carbocycles. The van der Waals surface area contributed by atoms with Gasteiger partial charge < -0.3 is 4.74 Å². The quantitative estimate of drug-likeness (QED) is 0.643. The van der Waals surface area contributed by atoms with Gasteiger partial charge in [0.15, 0.2) is 5.82 Å². The fraction of sp³-hybridized carbons (Fsp3) is 0.143. The molecule has 0 saturated heterocycles. The lowest BCUT2D eigenvalue weighted by Crippen LogP contribution is -1.99. The summed E-state index contributed by atoms with van der Waals surface area (Å²) < 4.78 is 40.9. The number of ether oxygens (including phenoxy) is 1. The third-order valence-corrected chi connectivity index (χ3v) is 1.34. The molecule has 0 unspecified atom stereocenters. The van der Waals surface area contributed by atoms with Crippen LogP contribution in [0.25, 0.3) is 0 Å². The number of rotatable bonds is 2. The van der Waals surface area contributed by atoms with E-state index in [1.165, 1.54) is 13.2 Å². The molecule has 0 N–H and O–H groups in total. The second-order valence-corrected chi connectivity index (χ2v) is 2.05. The zero-order chi connectivity index (χ0) is 9.14. The first-order valence-corrected chi connectivity index (χ1v) is 3.10. The lowest BCUT2D eigenvalue weighted by molar-refractivity contribution is 0.230. The van der Waals surface area contributed by atoms with Gasteiger partial charge >= 0.3 is 0 Å². The second-order valence-electron chi connectivity index (χ2n) is 2.05. The van der Waals surface area contributed by atoms with Gasteiger partial charge in [-0.25, -0.2) is 4.39 Å². The minimum absolute atomic E-state index is 0.207. The summed E-state index contributed by atoms with van der Waals surface area (Å²) in [5.41, 5.74) is -0.768. The first kappa shape index (κ1) is 8.70. The second kappa shape index (κ2) is 3.34. The van der Waals surface area contributed by atoms with Crippen molar-refractivity contribution in [3.63, 3.8) is 0 Å². The highest BCUT2D eigenvalue weighted by atomic mass is 19.4. The Balaban J connectivity index is 3.03. The molecule has 5 heteroatoms. The predicted octanol–water partition coefficient (Wildman–Crippen LogP) is 2.41. The van der Waals surface area contributed by atoms with E-state index in [4.69, 9.17) is 0 Å². The first-order chi connectivity index (χ1) is 5.65. The minimum Gasteiger partial charge on any atom is -0.497 e. The Morgan fingerprint density at radius 1 is 1.33 bits per heavy atom. The lowest BCUT2D eigenvalue weighted by atomic mass is 10.3. The van der Waals surface area contributed by atoms with Gasteiger partial charge in [0.1, 0.15) is 11.4 Å². The smallest absolute Gasteiger partial charge is 0.155 e. The molecule has 1 aromatic carbocycles. The van der Waals surface area contributed by atoms with Gasteiger partial charge in [-0.3, -0.25) is 0 Å². The number of benzene rings is 1. The maximum atomic E-state index is 12.7. The van der Waals surface area contributed by atoms with Crippen LogP contribution in [0, 0.1) is 5.82 Å². The van der Waals surface area contributed by atoms with Crippen molar-refractivity contribution >= 4 is 5.69 Å². The van der Waals surface area contributed by atoms with Crippen molar-refractivity contribution in [1.82, 2.24) is 0 Å². The predicted molar refractivity (Wildman–Crippen MR) is 37.6 cm³/mol. The van der Waals surface area contributed by atoms with Gasteiger partial charge in [-0.15, -0.1) is 0 Å². The van der Waals surface area contributed by atoms with Crippen LogP contribution in [-0.4, -0.2) is 7.11 Å². The average Bonchev–Trinajstić information content (AvgIpc) is 2.03. The van der Waals surface area contributed by atoms with E-state index in [0.29, 0.717) is 0 Å². The van der Waals surface area contributed by atoms with Gasteiger partial charge in [0.05, 0.1) is 7.11 Å². The molecule has 0 heterocycles. The maximum Gasteiger partial charge on any atom is 0.155 e. The van der Waals surface area contributed by atoms with E-state index in [0.717, 1.165) is 12.1 Å². The van der Waals surface area contributed by atoms with Crippen molar-refractivity contribution in [2.45, 2.75) is 0 Å². The molecule has 0 aliphatic carbocycles. The molecular formula is C7H6F3NO. The number of nitrogens with zero attached hydrogens (tertiary/aromatic N) is 1. The van der Waals surface area contributed by atoms with Crippen LogP contribution in [-0.2, 0) is 0 Å². The highest BCUT2D eigenvalue weighted by Gasteiger charge is 2.10. The summed E-state index contributed by atoms with van der Waals surface area (Å²) in [4.78, 5) is 0. The number of anilines is 1. The fourth-order valence-corrected chi connectivity index (χ4v) is 0.752. The molecule has 0 atom stereocenters. The third-order valence-electron chi connectivity index (χ3n) is 1.34. The van der Waals surface area contributed by atoms with Crippen LogP contribution >= 0.6 is 0 Å². The molecule has 0 spiro atoms. The summed E-state index contributed by atoms with van der Waals surface area (Å²) >= 11 is 0. The Morgan fingerprint density at radius 2 is 2.00 bits per heavy atom. The summed E-state index contributed by atoms with van der Waals surface area (Å²) in [6.45, 7) is 0. The van der Waals surface area contributed by atoms with E-state index >= 15 is 0 Å². The lowest BCUT2D eigenvalue weighted by Gasteiger charge is -2.04. The van der Waals surface area contributed by atoms with Crippen LogP contribution in [0.3, 0.4) is 0 Å². The molecule has 1 rings (SSSR count). The molecule has 0 aliphatic heterocycles. The molecule has 0 fully saturated rings. The van der Waals surface area contributed by atoms with Crippen LogP contribution in [0.4, 0.5) is 19.0 Å². The number of halogens is 3. The van der Waals surface area contributed by atoms with E-state index in [9.17, 15) is 13.4 Å². The minimum atomic E-state index is -1.28. The molecule has 0 aliphatic rings. The molecule has 0 radical (unpaired) electrons.